The van der Waals surface area contributed by atoms with Crippen LogP contribution in [0.2, 0.25) is 0 Å². The first-order chi connectivity index (χ1) is 12.5. The Bertz CT molecular complexity index is 887. The monoisotopic (exact) mass is 353 g/mol. The summed E-state index contributed by atoms with van der Waals surface area (Å²) in [6.45, 7) is 2.70. The Morgan fingerprint density at radius 3 is 2.62 bits per heavy atom. The second kappa shape index (κ2) is 6.40. The molecular weight excluding hydrogens is 334 g/mol. The number of aryl methyl sites for hydroxylation is 1. The van der Waals surface area contributed by atoms with Crippen LogP contribution in [0.25, 0.3) is 10.9 Å². The molecule has 0 N–H and O–H groups in total. The number of para-hydroxylation sites is 1. The molecule has 7 heteroatoms. The summed E-state index contributed by atoms with van der Waals surface area (Å²) in [5, 5.41) is 0.932. The van der Waals surface area contributed by atoms with Gasteiger partial charge >= 0.3 is 6.09 Å². The number of carbonyl (C=O) groups is 3. The van der Waals surface area contributed by atoms with Crippen LogP contribution in [0.15, 0.2) is 30.3 Å². The highest BCUT2D eigenvalue weighted by atomic mass is 16.6. The number of pyridine rings is 1. The Kier molecular flexibility index (Phi) is 4.06. The first-order valence-electron chi connectivity index (χ1n) is 8.69. The third-order valence-corrected chi connectivity index (χ3v) is 4.99. The summed E-state index contributed by atoms with van der Waals surface area (Å²) in [5.41, 5.74) is 2.15. The zero-order valence-corrected chi connectivity index (χ0v) is 14.5. The second-order valence-corrected chi connectivity index (χ2v) is 6.67. The number of ether oxygens (including phenoxy) is 1. The van der Waals surface area contributed by atoms with Crippen molar-refractivity contribution >= 4 is 28.8 Å². The van der Waals surface area contributed by atoms with Crippen LogP contribution in [0.3, 0.4) is 0 Å². The van der Waals surface area contributed by atoms with E-state index in [0.717, 1.165) is 11.1 Å². The van der Waals surface area contributed by atoms with Crippen molar-refractivity contribution in [3.63, 3.8) is 0 Å². The second-order valence-electron chi connectivity index (χ2n) is 6.67. The van der Waals surface area contributed by atoms with Crippen molar-refractivity contribution in [1.29, 1.82) is 0 Å². The molecule has 2 saturated heterocycles. The maximum Gasteiger partial charge on any atom is 0.417 e. The van der Waals surface area contributed by atoms with Crippen molar-refractivity contribution in [2.24, 2.45) is 0 Å². The quantitative estimate of drug-likeness (QED) is 0.826. The van der Waals surface area contributed by atoms with Gasteiger partial charge in [-0.1, -0.05) is 18.2 Å². The van der Waals surface area contributed by atoms with Crippen molar-refractivity contribution in [2.75, 3.05) is 19.7 Å². The molecular formula is C19H19N3O4. The van der Waals surface area contributed by atoms with Gasteiger partial charge in [-0.15, -0.1) is 0 Å². The van der Waals surface area contributed by atoms with Gasteiger partial charge in [0.15, 0.2) is 6.61 Å². The number of hydrogen-bond acceptors (Lipinski definition) is 5. The summed E-state index contributed by atoms with van der Waals surface area (Å²) in [4.78, 5) is 44.0. The van der Waals surface area contributed by atoms with Gasteiger partial charge in [0, 0.05) is 30.2 Å². The third kappa shape index (κ3) is 2.79. The average Bonchev–Trinajstić information content (AvgIpc) is 2.99. The molecule has 0 saturated carbocycles. The van der Waals surface area contributed by atoms with Gasteiger partial charge in [-0.05, 0) is 31.9 Å². The molecule has 3 amide bonds. The summed E-state index contributed by atoms with van der Waals surface area (Å²) in [6.07, 6.45) is 0.543. The van der Waals surface area contributed by atoms with E-state index in [0.29, 0.717) is 37.0 Å². The molecule has 1 aromatic heterocycles. The van der Waals surface area contributed by atoms with E-state index in [4.69, 9.17) is 4.74 Å². The molecule has 2 aromatic rings. The standard InChI is InChI=1S/C19H19N3O4/c1-12-5-6-13-3-2-4-15(17(13)20-12)18(24)21-9-7-14(8-10-21)22-16(23)11-26-19(22)25/h2-6,14H,7-11H2,1H3. The first kappa shape index (κ1) is 16.5. The lowest BCUT2D eigenvalue weighted by molar-refractivity contribution is -0.127. The van der Waals surface area contributed by atoms with Gasteiger partial charge in [0.2, 0.25) is 0 Å². The largest absolute Gasteiger partial charge is 0.439 e. The predicted octanol–water partition coefficient (Wildman–Crippen LogP) is 2.13. The number of carbonyl (C=O) groups excluding carboxylic acids is 3. The van der Waals surface area contributed by atoms with Gasteiger partial charge in [0.05, 0.1) is 11.1 Å². The maximum atomic E-state index is 13.0. The third-order valence-electron chi connectivity index (χ3n) is 4.99. The fourth-order valence-electron chi connectivity index (χ4n) is 3.63. The Morgan fingerprint density at radius 1 is 1.15 bits per heavy atom. The number of hydrogen-bond donors (Lipinski definition) is 0. The topological polar surface area (TPSA) is 79.8 Å². The van der Waals surface area contributed by atoms with Crippen LogP contribution >= 0.6 is 0 Å². The summed E-state index contributed by atoms with van der Waals surface area (Å²) in [6, 6.07) is 9.28. The van der Waals surface area contributed by atoms with Crippen molar-refractivity contribution in [3.8, 4) is 0 Å². The summed E-state index contributed by atoms with van der Waals surface area (Å²) >= 11 is 0. The number of piperidine rings is 1. The molecule has 134 valence electrons. The molecule has 1 aromatic carbocycles. The van der Waals surface area contributed by atoms with Crippen LogP contribution < -0.4 is 0 Å². The molecule has 0 aliphatic carbocycles. The lowest BCUT2D eigenvalue weighted by Gasteiger charge is -2.34. The lowest BCUT2D eigenvalue weighted by Crippen LogP contribution is -2.48. The van der Waals surface area contributed by atoms with E-state index in [2.05, 4.69) is 4.98 Å². The molecule has 0 unspecified atom stereocenters. The zero-order valence-electron chi connectivity index (χ0n) is 14.5. The number of likely N-dealkylation sites (tertiary alicyclic amines) is 1. The van der Waals surface area contributed by atoms with Gasteiger partial charge in [-0.3, -0.25) is 14.6 Å². The highest BCUT2D eigenvalue weighted by Gasteiger charge is 2.39. The van der Waals surface area contributed by atoms with E-state index in [-0.39, 0.29) is 24.5 Å². The molecule has 0 radical (unpaired) electrons. The van der Waals surface area contributed by atoms with E-state index in [1.165, 1.54) is 4.90 Å². The van der Waals surface area contributed by atoms with Crippen LogP contribution in [-0.2, 0) is 9.53 Å². The Balaban J connectivity index is 1.52. The highest BCUT2D eigenvalue weighted by molar-refractivity contribution is 6.05. The molecule has 2 aliphatic rings. The molecule has 0 bridgehead atoms. The van der Waals surface area contributed by atoms with Crippen LogP contribution in [-0.4, -0.2) is 58.4 Å². The molecule has 4 rings (SSSR count). The van der Waals surface area contributed by atoms with E-state index < -0.39 is 6.09 Å². The average molecular weight is 353 g/mol. The van der Waals surface area contributed by atoms with Crippen LogP contribution in [0.5, 0.6) is 0 Å². The van der Waals surface area contributed by atoms with Crippen molar-refractivity contribution < 1.29 is 19.1 Å². The summed E-state index contributed by atoms with van der Waals surface area (Å²) in [7, 11) is 0. The number of fused-ring (bicyclic) bond motifs is 1. The van der Waals surface area contributed by atoms with Crippen LogP contribution in [0.4, 0.5) is 4.79 Å². The van der Waals surface area contributed by atoms with Crippen molar-refractivity contribution in [1.82, 2.24) is 14.8 Å². The van der Waals surface area contributed by atoms with E-state index in [1.807, 2.05) is 31.2 Å². The van der Waals surface area contributed by atoms with Crippen LogP contribution in [0.1, 0.15) is 28.9 Å². The minimum absolute atomic E-state index is 0.0672. The summed E-state index contributed by atoms with van der Waals surface area (Å²) in [5.74, 6) is -0.365. The smallest absolute Gasteiger partial charge is 0.417 e. The zero-order chi connectivity index (χ0) is 18.3. The molecule has 2 fully saturated rings. The minimum atomic E-state index is -0.575. The fourth-order valence-corrected chi connectivity index (χ4v) is 3.63. The first-order valence-corrected chi connectivity index (χ1v) is 8.69. The van der Waals surface area contributed by atoms with Crippen molar-refractivity contribution in [3.05, 3.63) is 41.6 Å². The van der Waals surface area contributed by atoms with Crippen LogP contribution in [0, 0.1) is 6.92 Å². The molecule has 3 heterocycles. The van der Waals surface area contributed by atoms with Gasteiger partial charge in [-0.25, -0.2) is 9.69 Å². The number of benzene rings is 1. The Hall–Kier alpha value is -2.96. The Labute approximate surface area is 150 Å². The molecule has 26 heavy (non-hydrogen) atoms. The molecule has 0 atom stereocenters. The lowest BCUT2D eigenvalue weighted by atomic mass is 10.0. The van der Waals surface area contributed by atoms with Gasteiger partial charge < -0.3 is 9.64 Å². The number of nitrogens with zero attached hydrogens (tertiary/aromatic N) is 3. The van der Waals surface area contributed by atoms with E-state index >= 15 is 0 Å². The summed E-state index contributed by atoms with van der Waals surface area (Å²) < 4.78 is 4.78. The maximum absolute atomic E-state index is 13.0. The minimum Gasteiger partial charge on any atom is -0.439 e. The molecule has 2 aliphatic heterocycles. The van der Waals surface area contributed by atoms with Crippen molar-refractivity contribution in [2.45, 2.75) is 25.8 Å². The number of imide groups is 1. The Morgan fingerprint density at radius 2 is 1.92 bits per heavy atom. The number of amides is 3. The van der Waals surface area contributed by atoms with Gasteiger partial charge in [0.25, 0.3) is 11.8 Å². The van der Waals surface area contributed by atoms with E-state index in [9.17, 15) is 14.4 Å². The number of cyclic esters (lactones) is 1. The predicted molar refractivity (Wildman–Crippen MR) is 93.6 cm³/mol. The molecule has 0 spiro atoms. The molecule has 7 nitrogen and oxygen atoms in total. The highest BCUT2D eigenvalue weighted by Crippen LogP contribution is 2.24. The number of rotatable bonds is 2. The normalized spacial score (nSPS) is 18.5. The number of aromatic nitrogens is 1. The van der Waals surface area contributed by atoms with Gasteiger partial charge in [-0.2, -0.15) is 0 Å². The van der Waals surface area contributed by atoms with E-state index in [1.54, 1.807) is 11.0 Å². The SMILES string of the molecule is Cc1ccc2cccc(C(=O)N3CCC(N4C(=O)COC4=O)CC3)c2n1. The fraction of sp³-hybridized carbons (Fsp3) is 0.368. The van der Waals surface area contributed by atoms with Gasteiger partial charge in [0.1, 0.15) is 0 Å².